The quantitative estimate of drug-likeness (QED) is 0.556. The number of carboxylic acids is 1. The molecule has 18 heavy (non-hydrogen) atoms. The molecule has 0 aromatic carbocycles. The second kappa shape index (κ2) is 7.17. The van der Waals surface area contributed by atoms with Crippen molar-refractivity contribution < 1.29 is 23.1 Å². The molecule has 3 N–H and O–H groups in total. The largest absolute Gasteiger partial charge is 0.480 e. The van der Waals surface area contributed by atoms with E-state index < -0.39 is 28.1 Å². The summed E-state index contributed by atoms with van der Waals surface area (Å²) in [6, 6.07) is -1.67. The van der Waals surface area contributed by atoms with E-state index in [1.165, 1.54) is 14.1 Å². The van der Waals surface area contributed by atoms with Crippen molar-refractivity contribution in [3.63, 3.8) is 0 Å². The van der Waals surface area contributed by atoms with Gasteiger partial charge in [-0.1, -0.05) is 6.92 Å². The molecule has 0 radical (unpaired) electrons. The lowest BCUT2D eigenvalue weighted by atomic mass is 10.2. The molecule has 0 aromatic heterocycles. The first-order valence-corrected chi connectivity index (χ1v) is 6.99. The van der Waals surface area contributed by atoms with Gasteiger partial charge in [-0.2, -0.15) is 0 Å². The van der Waals surface area contributed by atoms with Crippen molar-refractivity contribution in [3.05, 3.63) is 0 Å². The fraction of sp³-hybridized carbons (Fsp3) is 0.778. The molecule has 0 aliphatic heterocycles. The van der Waals surface area contributed by atoms with Crippen LogP contribution in [0.3, 0.4) is 0 Å². The number of sulfonamides is 1. The van der Waals surface area contributed by atoms with Crippen LogP contribution < -0.4 is 10.6 Å². The summed E-state index contributed by atoms with van der Waals surface area (Å²) in [5, 5.41) is 13.2. The first-order chi connectivity index (χ1) is 8.20. The van der Waals surface area contributed by atoms with Gasteiger partial charge in [-0.15, -0.1) is 0 Å². The van der Waals surface area contributed by atoms with Crippen molar-refractivity contribution in [2.75, 3.05) is 26.4 Å². The SMILES string of the molecule is CC[C@@H](NC(=O)NCCS(=O)(=O)N(C)C)C(=O)O. The van der Waals surface area contributed by atoms with Gasteiger partial charge in [-0.05, 0) is 6.42 Å². The highest BCUT2D eigenvalue weighted by atomic mass is 32.2. The fourth-order valence-corrected chi connectivity index (χ4v) is 1.75. The molecule has 9 heteroatoms. The van der Waals surface area contributed by atoms with Crippen molar-refractivity contribution in [2.24, 2.45) is 0 Å². The van der Waals surface area contributed by atoms with Gasteiger partial charge in [0, 0.05) is 20.6 Å². The van der Waals surface area contributed by atoms with Crippen molar-refractivity contribution in [1.29, 1.82) is 0 Å². The van der Waals surface area contributed by atoms with E-state index in [4.69, 9.17) is 5.11 Å². The van der Waals surface area contributed by atoms with Crippen molar-refractivity contribution in [1.82, 2.24) is 14.9 Å². The van der Waals surface area contributed by atoms with Crippen molar-refractivity contribution in [2.45, 2.75) is 19.4 Å². The molecule has 0 rings (SSSR count). The molecular weight excluding hydrogens is 262 g/mol. The van der Waals surface area contributed by atoms with E-state index in [2.05, 4.69) is 10.6 Å². The minimum Gasteiger partial charge on any atom is -0.480 e. The molecule has 8 nitrogen and oxygen atoms in total. The number of nitrogens with zero attached hydrogens (tertiary/aromatic N) is 1. The van der Waals surface area contributed by atoms with Gasteiger partial charge in [0.1, 0.15) is 6.04 Å². The monoisotopic (exact) mass is 281 g/mol. The molecule has 0 unspecified atom stereocenters. The summed E-state index contributed by atoms with van der Waals surface area (Å²) >= 11 is 0. The molecule has 2 amide bonds. The molecule has 0 saturated carbocycles. The Kier molecular flexibility index (Phi) is 6.63. The zero-order valence-electron chi connectivity index (χ0n) is 10.6. The van der Waals surface area contributed by atoms with Crippen LogP contribution in [0.4, 0.5) is 4.79 Å². The standard InChI is InChI=1S/C9H19N3O5S/c1-4-7(8(13)14)11-9(15)10-5-6-18(16,17)12(2)3/h7H,4-6H2,1-3H3,(H,13,14)(H2,10,11,15)/t7-/m1/s1. The Labute approximate surface area is 106 Å². The van der Waals surface area contributed by atoms with Crippen LogP contribution >= 0.6 is 0 Å². The van der Waals surface area contributed by atoms with Crippen LogP contribution in [-0.2, 0) is 14.8 Å². The number of hydrogen-bond donors (Lipinski definition) is 3. The molecule has 0 aliphatic rings. The smallest absolute Gasteiger partial charge is 0.326 e. The predicted molar refractivity (Wildman–Crippen MR) is 65.7 cm³/mol. The Morgan fingerprint density at radius 1 is 1.33 bits per heavy atom. The average Bonchev–Trinajstić information content (AvgIpc) is 2.24. The summed E-state index contributed by atoms with van der Waals surface area (Å²) in [5.74, 6) is -1.37. The van der Waals surface area contributed by atoms with E-state index in [0.717, 1.165) is 4.31 Å². The fourth-order valence-electron chi connectivity index (χ4n) is 1.02. The summed E-state index contributed by atoms with van der Waals surface area (Å²) in [6.45, 7) is 1.54. The lowest BCUT2D eigenvalue weighted by Gasteiger charge is -2.14. The lowest BCUT2D eigenvalue weighted by molar-refractivity contribution is -0.139. The Bertz CT molecular complexity index is 393. The first kappa shape index (κ1) is 16.6. The maximum Gasteiger partial charge on any atom is 0.326 e. The third-order valence-electron chi connectivity index (χ3n) is 2.21. The van der Waals surface area contributed by atoms with E-state index in [0.29, 0.717) is 0 Å². The van der Waals surface area contributed by atoms with Gasteiger partial charge < -0.3 is 15.7 Å². The zero-order chi connectivity index (χ0) is 14.3. The molecule has 0 bridgehead atoms. The summed E-state index contributed by atoms with van der Waals surface area (Å²) < 4.78 is 23.8. The molecule has 1 atom stereocenters. The number of rotatable bonds is 7. The Morgan fingerprint density at radius 3 is 2.28 bits per heavy atom. The molecule has 106 valence electrons. The van der Waals surface area contributed by atoms with Gasteiger partial charge in [0.2, 0.25) is 10.0 Å². The first-order valence-electron chi connectivity index (χ1n) is 5.38. The minimum absolute atomic E-state index is 0.0810. The van der Waals surface area contributed by atoms with Crippen LogP contribution in [0.2, 0.25) is 0 Å². The molecular formula is C9H19N3O5S. The zero-order valence-corrected chi connectivity index (χ0v) is 11.5. The molecule has 0 spiro atoms. The van der Waals surface area contributed by atoms with Crippen LogP contribution in [-0.4, -0.2) is 62.3 Å². The third-order valence-corrected chi connectivity index (χ3v) is 4.05. The second-order valence-electron chi connectivity index (χ2n) is 3.80. The van der Waals surface area contributed by atoms with Gasteiger partial charge in [0.25, 0.3) is 0 Å². The number of carbonyl (C=O) groups is 2. The maximum absolute atomic E-state index is 11.4. The van der Waals surface area contributed by atoms with Crippen molar-refractivity contribution >= 4 is 22.0 Å². The molecule has 0 aromatic rings. The normalized spacial score (nSPS) is 13.1. The predicted octanol–water partition coefficient (Wildman–Crippen LogP) is -0.960. The van der Waals surface area contributed by atoms with E-state index in [9.17, 15) is 18.0 Å². The highest BCUT2D eigenvalue weighted by Gasteiger charge is 2.18. The maximum atomic E-state index is 11.4. The number of nitrogens with one attached hydrogen (secondary N) is 2. The minimum atomic E-state index is -3.37. The summed E-state index contributed by atoms with van der Waals surface area (Å²) in [7, 11) is -0.578. The van der Waals surface area contributed by atoms with Crippen LogP contribution in [0.5, 0.6) is 0 Å². The number of aliphatic carboxylic acids is 1. The summed E-state index contributed by atoms with van der Waals surface area (Å²) in [4.78, 5) is 21.9. The van der Waals surface area contributed by atoms with E-state index >= 15 is 0 Å². The van der Waals surface area contributed by atoms with E-state index in [-0.39, 0.29) is 18.7 Å². The molecule has 0 fully saturated rings. The van der Waals surface area contributed by atoms with Gasteiger partial charge in [0.05, 0.1) is 5.75 Å². The Hall–Kier alpha value is -1.35. The van der Waals surface area contributed by atoms with Gasteiger partial charge >= 0.3 is 12.0 Å². The molecule has 0 saturated heterocycles. The number of amides is 2. The highest BCUT2D eigenvalue weighted by molar-refractivity contribution is 7.89. The highest BCUT2D eigenvalue weighted by Crippen LogP contribution is 1.93. The van der Waals surface area contributed by atoms with E-state index in [1.807, 2.05) is 0 Å². The average molecular weight is 281 g/mol. The Morgan fingerprint density at radius 2 is 1.89 bits per heavy atom. The second-order valence-corrected chi connectivity index (χ2v) is 6.10. The van der Waals surface area contributed by atoms with Gasteiger partial charge in [0.15, 0.2) is 0 Å². The van der Waals surface area contributed by atoms with Crippen LogP contribution in [0.25, 0.3) is 0 Å². The van der Waals surface area contributed by atoms with Crippen LogP contribution in [0.1, 0.15) is 13.3 Å². The van der Waals surface area contributed by atoms with Crippen LogP contribution in [0, 0.1) is 0 Å². The van der Waals surface area contributed by atoms with Crippen LogP contribution in [0.15, 0.2) is 0 Å². The molecule has 0 heterocycles. The summed E-state index contributed by atoms with van der Waals surface area (Å²) in [6.07, 6.45) is 0.249. The number of urea groups is 1. The molecule has 0 aliphatic carbocycles. The summed E-state index contributed by atoms with van der Waals surface area (Å²) in [5.41, 5.74) is 0. The Balaban J connectivity index is 4.10. The van der Waals surface area contributed by atoms with Gasteiger partial charge in [-0.3, -0.25) is 0 Å². The van der Waals surface area contributed by atoms with Crippen molar-refractivity contribution in [3.8, 4) is 0 Å². The number of carboxylic acid groups (broad SMARTS) is 1. The van der Waals surface area contributed by atoms with Gasteiger partial charge in [-0.25, -0.2) is 22.3 Å². The topological polar surface area (TPSA) is 116 Å². The number of hydrogen-bond acceptors (Lipinski definition) is 4. The number of carbonyl (C=O) groups excluding carboxylic acids is 1. The lowest BCUT2D eigenvalue weighted by Crippen LogP contribution is -2.47. The third kappa shape index (κ3) is 5.82. The van der Waals surface area contributed by atoms with E-state index in [1.54, 1.807) is 6.92 Å².